The number of amides is 3. The van der Waals surface area contributed by atoms with Crippen LogP contribution in [0.15, 0.2) is 47.4 Å². The van der Waals surface area contributed by atoms with Gasteiger partial charge in [0.15, 0.2) is 0 Å². The molecule has 1 spiro atoms. The number of carbonyl (C=O) groups is 2. The number of sulfonamides is 1. The second-order valence-corrected chi connectivity index (χ2v) is 10.3. The van der Waals surface area contributed by atoms with Crippen molar-refractivity contribution in [3.05, 3.63) is 59.7 Å². The average molecular weight is 494 g/mol. The van der Waals surface area contributed by atoms with Crippen LogP contribution < -0.4 is 14.8 Å². The standard InChI is InChI=1S/C23H25F2N3O5S/c1-15-14-17(25)4-7-20(15)34(31,32)27-18-8-10-23(11-9-18)21(29)28(22(30)26-23)12-13-33-19-5-2-16(24)3-6-19/h2-7,14,18,27H,8-13H2,1H3,(H,26,30). The molecule has 0 aromatic heterocycles. The van der Waals surface area contributed by atoms with Gasteiger partial charge in [-0.05, 0) is 80.6 Å². The van der Waals surface area contributed by atoms with Crippen molar-refractivity contribution in [3.63, 3.8) is 0 Å². The Bertz CT molecular complexity index is 1200. The van der Waals surface area contributed by atoms with Crippen LogP contribution >= 0.6 is 0 Å². The maximum absolute atomic E-state index is 13.3. The molecule has 8 nitrogen and oxygen atoms in total. The lowest BCUT2D eigenvalue weighted by Gasteiger charge is -2.35. The van der Waals surface area contributed by atoms with Crippen molar-refractivity contribution < 1.29 is 31.5 Å². The van der Waals surface area contributed by atoms with Gasteiger partial charge < -0.3 is 10.1 Å². The van der Waals surface area contributed by atoms with E-state index in [9.17, 15) is 26.8 Å². The van der Waals surface area contributed by atoms with Gasteiger partial charge in [-0.15, -0.1) is 0 Å². The van der Waals surface area contributed by atoms with E-state index < -0.39 is 39.3 Å². The maximum atomic E-state index is 13.3. The Hall–Kier alpha value is -3.05. The van der Waals surface area contributed by atoms with Crippen LogP contribution in [0.4, 0.5) is 13.6 Å². The molecule has 2 aromatic carbocycles. The number of rotatable bonds is 7. The summed E-state index contributed by atoms with van der Waals surface area (Å²) in [4.78, 5) is 26.6. The minimum atomic E-state index is -3.86. The minimum absolute atomic E-state index is 0.00626. The molecule has 0 radical (unpaired) electrons. The van der Waals surface area contributed by atoms with Gasteiger partial charge in [-0.25, -0.2) is 26.7 Å². The van der Waals surface area contributed by atoms with E-state index in [0.717, 1.165) is 17.0 Å². The molecule has 3 amide bonds. The van der Waals surface area contributed by atoms with Crippen molar-refractivity contribution >= 4 is 22.0 Å². The predicted octanol–water partition coefficient (Wildman–Crippen LogP) is 2.86. The summed E-state index contributed by atoms with van der Waals surface area (Å²) in [5.74, 6) is -0.850. The zero-order valence-electron chi connectivity index (χ0n) is 18.5. The molecule has 0 unspecified atom stereocenters. The Morgan fingerprint density at radius 2 is 1.74 bits per heavy atom. The van der Waals surface area contributed by atoms with Gasteiger partial charge in [-0.1, -0.05) is 0 Å². The molecule has 1 saturated carbocycles. The molecule has 34 heavy (non-hydrogen) atoms. The van der Waals surface area contributed by atoms with E-state index in [-0.39, 0.29) is 36.8 Å². The predicted molar refractivity (Wildman–Crippen MR) is 119 cm³/mol. The Kier molecular flexibility index (Phi) is 6.59. The van der Waals surface area contributed by atoms with Gasteiger partial charge in [0, 0.05) is 6.04 Å². The van der Waals surface area contributed by atoms with E-state index in [1.807, 2.05) is 0 Å². The van der Waals surface area contributed by atoms with E-state index in [4.69, 9.17) is 4.74 Å². The highest BCUT2D eigenvalue weighted by molar-refractivity contribution is 7.89. The molecule has 182 valence electrons. The molecule has 1 heterocycles. The van der Waals surface area contributed by atoms with E-state index in [2.05, 4.69) is 10.0 Å². The summed E-state index contributed by atoms with van der Waals surface area (Å²) in [7, 11) is -3.86. The van der Waals surface area contributed by atoms with Crippen LogP contribution in [-0.2, 0) is 14.8 Å². The smallest absolute Gasteiger partial charge is 0.325 e. The van der Waals surface area contributed by atoms with Crippen LogP contribution in [0.25, 0.3) is 0 Å². The van der Waals surface area contributed by atoms with Crippen LogP contribution in [0.1, 0.15) is 31.2 Å². The van der Waals surface area contributed by atoms with Crippen LogP contribution in [0, 0.1) is 18.6 Å². The van der Waals surface area contributed by atoms with Crippen LogP contribution in [-0.4, -0.2) is 50.0 Å². The number of benzene rings is 2. The largest absolute Gasteiger partial charge is 0.492 e. The van der Waals surface area contributed by atoms with Gasteiger partial charge in [-0.3, -0.25) is 9.69 Å². The number of carbonyl (C=O) groups excluding carboxylic acids is 2. The van der Waals surface area contributed by atoms with Gasteiger partial charge in [0.1, 0.15) is 29.5 Å². The number of nitrogens with one attached hydrogen (secondary N) is 2. The summed E-state index contributed by atoms with van der Waals surface area (Å²) in [5.41, 5.74) is -0.766. The third-order valence-corrected chi connectivity index (χ3v) is 7.91. The van der Waals surface area contributed by atoms with E-state index in [1.54, 1.807) is 0 Å². The summed E-state index contributed by atoms with van der Waals surface area (Å²) in [6, 6.07) is 7.96. The highest BCUT2D eigenvalue weighted by Gasteiger charge is 2.52. The third-order valence-electron chi connectivity index (χ3n) is 6.23. The fourth-order valence-corrected chi connectivity index (χ4v) is 5.96. The van der Waals surface area contributed by atoms with Crippen molar-refractivity contribution in [3.8, 4) is 5.75 Å². The molecule has 2 N–H and O–H groups in total. The first-order chi connectivity index (χ1) is 16.1. The SMILES string of the molecule is Cc1cc(F)ccc1S(=O)(=O)NC1CCC2(CC1)NC(=O)N(CCOc1ccc(F)cc1)C2=O. The molecule has 4 rings (SSSR count). The Morgan fingerprint density at radius 3 is 2.38 bits per heavy atom. The fourth-order valence-electron chi connectivity index (χ4n) is 4.43. The van der Waals surface area contributed by atoms with Gasteiger partial charge in [0.05, 0.1) is 11.4 Å². The fraction of sp³-hybridized carbons (Fsp3) is 0.391. The highest BCUT2D eigenvalue weighted by Crippen LogP contribution is 2.34. The molecule has 2 fully saturated rings. The molecule has 1 aliphatic heterocycles. The summed E-state index contributed by atoms with van der Waals surface area (Å²) in [5, 5.41) is 2.77. The second kappa shape index (κ2) is 9.30. The van der Waals surface area contributed by atoms with Crippen molar-refractivity contribution in [2.24, 2.45) is 0 Å². The first-order valence-electron chi connectivity index (χ1n) is 10.9. The van der Waals surface area contributed by atoms with E-state index in [0.29, 0.717) is 24.2 Å². The van der Waals surface area contributed by atoms with Crippen LogP contribution in [0.5, 0.6) is 5.75 Å². The normalized spacial score (nSPS) is 22.8. The number of urea groups is 1. The number of hydrogen-bond donors (Lipinski definition) is 2. The van der Waals surface area contributed by atoms with Crippen molar-refractivity contribution in [1.82, 2.24) is 14.9 Å². The van der Waals surface area contributed by atoms with Gasteiger partial charge in [0.25, 0.3) is 5.91 Å². The van der Waals surface area contributed by atoms with Gasteiger partial charge in [0.2, 0.25) is 10.0 Å². The number of aryl methyl sites for hydroxylation is 1. The number of hydrogen-bond acceptors (Lipinski definition) is 5. The minimum Gasteiger partial charge on any atom is -0.492 e. The zero-order valence-corrected chi connectivity index (χ0v) is 19.3. The van der Waals surface area contributed by atoms with E-state index >= 15 is 0 Å². The zero-order chi connectivity index (χ0) is 24.5. The molecule has 2 aliphatic rings. The summed E-state index contributed by atoms with van der Waals surface area (Å²) < 4.78 is 60.0. The van der Waals surface area contributed by atoms with Crippen LogP contribution in [0.2, 0.25) is 0 Å². The van der Waals surface area contributed by atoms with Crippen molar-refractivity contribution in [2.75, 3.05) is 13.2 Å². The highest BCUT2D eigenvalue weighted by atomic mass is 32.2. The average Bonchev–Trinajstić information content (AvgIpc) is 3.00. The number of imide groups is 1. The molecular weight excluding hydrogens is 468 g/mol. The lowest BCUT2D eigenvalue weighted by molar-refractivity contribution is -0.132. The molecule has 1 aliphatic carbocycles. The third kappa shape index (κ3) is 4.90. The first kappa shape index (κ1) is 24.1. The number of halogens is 2. The van der Waals surface area contributed by atoms with Crippen LogP contribution in [0.3, 0.4) is 0 Å². The molecule has 0 atom stereocenters. The molecule has 11 heteroatoms. The first-order valence-corrected chi connectivity index (χ1v) is 12.4. The molecule has 0 bridgehead atoms. The lowest BCUT2D eigenvalue weighted by Crippen LogP contribution is -2.52. The summed E-state index contributed by atoms with van der Waals surface area (Å²) in [6.45, 7) is 1.61. The van der Waals surface area contributed by atoms with Gasteiger partial charge in [-0.2, -0.15) is 0 Å². The van der Waals surface area contributed by atoms with Crippen molar-refractivity contribution in [2.45, 2.75) is 49.1 Å². The topological polar surface area (TPSA) is 105 Å². The Morgan fingerprint density at radius 1 is 1.09 bits per heavy atom. The maximum Gasteiger partial charge on any atom is 0.325 e. The molecule has 1 saturated heterocycles. The quantitative estimate of drug-likeness (QED) is 0.578. The molecular formula is C23H25F2N3O5S. The molecule has 2 aromatic rings. The number of ether oxygens (including phenoxy) is 1. The Balaban J connectivity index is 1.33. The number of nitrogens with zero attached hydrogens (tertiary/aromatic N) is 1. The second-order valence-electron chi connectivity index (χ2n) is 8.58. The summed E-state index contributed by atoms with van der Waals surface area (Å²) >= 11 is 0. The monoisotopic (exact) mass is 493 g/mol. The summed E-state index contributed by atoms with van der Waals surface area (Å²) in [6.07, 6.45) is 1.27. The van der Waals surface area contributed by atoms with E-state index in [1.165, 1.54) is 37.3 Å². The van der Waals surface area contributed by atoms with Crippen molar-refractivity contribution in [1.29, 1.82) is 0 Å². The van der Waals surface area contributed by atoms with Gasteiger partial charge >= 0.3 is 6.03 Å². The lowest BCUT2D eigenvalue weighted by atomic mass is 9.79. The Labute approximate surface area is 196 Å².